The Hall–Kier alpha value is -1.70. The Balaban J connectivity index is 1.46. The lowest BCUT2D eigenvalue weighted by atomic mass is 9.86. The van der Waals surface area contributed by atoms with E-state index in [-0.39, 0.29) is 23.3 Å². The van der Waals surface area contributed by atoms with Crippen molar-refractivity contribution in [3.63, 3.8) is 0 Å². The maximum Gasteiger partial charge on any atom is 0.260 e. The van der Waals surface area contributed by atoms with E-state index in [1.165, 1.54) is 17.5 Å². The van der Waals surface area contributed by atoms with Crippen molar-refractivity contribution < 1.29 is 13.6 Å². The number of nitrogens with one attached hydrogen (secondary N) is 1. The largest absolute Gasteiger partial charge is 0.367 e. The molecule has 0 radical (unpaired) electrons. The molecule has 0 bridgehead atoms. The number of carbonyl (C=O) groups excluding carboxylic acids is 1. The number of amides is 1. The fourth-order valence-corrected chi connectivity index (χ4v) is 5.05. The molecule has 0 spiro atoms. The van der Waals surface area contributed by atoms with Crippen molar-refractivity contribution >= 4 is 11.7 Å². The molecule has 2 saturated heterocycles. The van der Waals surface area contributed by atoms with Gasteiger partial charge in [-0.15, -0.1) is 0 Å². The minimum atomic E-state index is -2.46. The molecule has 1 aromatic rings. The van der Waals surface area contributed by atoms with Gasteiger partial charge in [-0.3, -0.25) is 9.69 Å². The molecule has 3 aliphatic rings. The summed E-state index contributed by atoms with van der Waals surface area (Å²) < 4.78 is 29.3. The molecule has 3 atom stereocenters. The lowest BCUT2D eigenvalue weighted by Gasteiger charge is -2.41. The summed E-state index contributed by atoms with van der Waals surface area (Å²) >= 11 is 0. The molecule has 6 nitrogen and oxygen atoms in total. The number of aromatic nitrogens is 2. The Morgan fingerprint density at radius 2 is 1.97 bits per heavy atom. The van der Waals surface area contributed by atoms with E-state index >= 15 is 0 Å². The van der Waals surface area contributed by atoms with Crippen molar-refractivity contribution in [2.24, 2.45) is 5.92 Å². The summed E-state index contributed by atoms with van der Waals surface area (Å²) in [5, 5.41) is 8.00. The number of carbonyl (C=O) groups is 1. The number of nitrogens with zero attached hydrogens (tertiary/aromatic N) is 4. The second-order valence-corrected chi connectivity index (χ2v) is 10.2. The molecule has 4 heterocycles. The van der Waals surface area contributed by atoms with Gasteiger partial charge in [0.1, 0.15) is 11.9 Å². The van der Waals surface area contributed by atoms with Gasteiger partial charge in [0.2, 0.25) is 5.91 Å². The second kappa shape index (κ2) is 8.44. The smallest absolute Gasteiger partial charge is 0.260 e. The van der Waals surface area contributed by atoms with Gasteiger partial charge in [-0.2, -0.15) is 5.10 Å². The van der Waals surface area contributed by atoms with Crippen LogP contribution < -0.4 is 5.32 Å². The van der Waals surface area contributed by atoms with Crippen LogP contribution in [-0.4, -0.2) is 70.7 Å². The van der Waals surface area contributed by atoms with Gasteiger partial charge in [-0.1, -0.05) is 20.8 Å². The van der Waals surface area contributed by atoms with Crippen LogP contribution in [0.2, 0.25) is 0 Å². The van der Waals surface area contributed by atoms with Gasteiger partial charge in [-0.05, 0) is 51.1 Å². The molecule has 1 amide bonds. The SMILES string of the molecule is CC(C)(C)c1cc2n(n1)[C@@H](C(F)F)C[C@@H](C1CCCN(C(=O)CN3CCCC3)C1)N2. The zero-order valence-corrected chi connectivity index (χ0v) is 18.4. The first-order valence-electron chi connectivity index (χ1n) is 11.4. The molecular weight excluding hydrogens is 388 g/mol. The molecule has 8 heteroatoms. The van der Waals surface area contributed by atoms with Crippen LogP contribution >= 0.6 is 0 Å². The minimum Gasteiger partial charge on any atom is -0.367 e. The van der Waals surface area contributed by atoms with Gasteiger partial charge in [0.15, 0.2) is 0 Å². The van der Waals surface area contributed by atoms with Crippen molar-refractivity contribution in [1.82, 2.24) is 19.6 Å². The van der Waals surface area contributed by atoms with Crippen molar-refractivity contribution in [3.8, 4) is 0 Å². The number of fused-ring (bicyclic) bond motifs is 1. The number of hydrogen-bond acceptors (Lipinski definition) is 4. The van der Waals surface area contributed by atoms with Gasteiger partial charge in [0.05, 0.1) is 12.2 Å². The second-order valence-electron chi connectivity index (χ2n) is 10.2. The van der Waals surface area contributed by atoms with Crippen molar-refractivity contribution in [1.29, 1.82) is 0 Å². The number of anilines is 1. The Bertz CT molecular complexity index is 753. The number of rotatable bonds is 4. The van der Waals surface area contributed by atoms with Crippen molar-refractivity contribution in [2.45, 2.75) is 76.8 Å². The molecule has 1 aromatic heterocycles. The van der Waals surface area contributed by atoms with E-state index in [0.29, 0.717) is 25.3 Å². The van der Waals surface area contributed by atoms with E-state index in [0.717, 1.165) is 38.2 Å². The third kappa shape index (κ3) is 4.48. The fraction of sp³-hybridized carbons (Fsp3) is 0.818. The Labute approximate surface area is 178 Å². The van der Waals surface area contributed by atoms with E-state index in [1.54, 1.807) is 0 Å². The average molecular weight is 424 g/mol. The maximum atomic E-state index is 13.9. The normalized spacial score (nSPS) is 27.9. The lowest BCUT2D eigenvalue weighted by molar-refractivity contribution is -0.134. The maximum absolute atomic E-state index is 13.9. The molecule has 168 valence electrons. The molecule has 1 N–H and O–H groups in total. The highest BCUT2D eigenvalue weighted by atomic mass is 19.3. The number of hydrogen-bond donors (Lipinski definition) is 1. The summed E-state index contributed by atoms with van der Waals surface area (Å²) in [5.41, 5.74) is 0.625. The highest BCUT2D eigenvalue weighted by molar-refractivity contribution is 5.78. The van der Waals surface area contributed by atoms with Crippen LogP contribution in [0.3, 0.4) is 0 Å². The van der Waals surface area contributed by atoms with E-state index in [4.69, 9.17) is 0 Å². The van der Waals surface area contributed by atoms with Crippen LogP contribution in [0.25, 0.3) is 0 Å². The average Bonchev–Trinajstić information content (AvgIpc) is 3.36. The highest BCUT2D eigenvalue weighted by Gasteiger charge is 2.39. The standard InChI is InChI=1S/C22H35F2N5O/c1-22(2,3)18-12-19-25-16(11-17(21(23)24)29(19)26-18)15-7-6-10-28(13-15)20(30)14-27-8-4-5-9-27/h12,15-17,21,25H,4-11,13-14H2,1-3H3/t15?,16-,17+/m0/s1. The predicted molar refractivity (Wildman–Crippen MR) is 113 cm³/mol. The number of alkyl halides is 2. The molecule has 30 heavy (non-hydrogen) atoms. The van der Waals surface area contributed by atoms with Gasteiger partial charge < -0.3 is 10.2 Å². The summed E-state index contributed by atoms with van der Waals surface area (Å²) in [4.78, 5) is 17.0. The quantitative estimate of drug-likeness (QED) is 0.805. The summed E-state index contributed by atoms with van der Waals surface area (Å²) in [6.45, 7) is 10.1. The Morgan fingerprint density at radius 3 is 2.63 bits per heavy atom. The van der Waals surface area contributed by atoms with Crippen LogP contribution in [-0.2, 0) is 10.2 Å². The van der Waals surface area contributed by atoms with Crippen LogP contribution in [0, 0.1) is 5.92 Å². The fourth-order valence-electron chi connectivity index (χ4n) is 5.05. The summed E-state index contributed by atoms with van der Waals surface area (Å²) in [6.07, 6.45) is 2.11. The van der Waals surface area contributed by atoms with E-state index in [9.17, 15) is 13.6 Å². The lowest BCUT2D eigenvalue weighted by Crippen LogP contribution is -2.50. The number of halogens is 2. The van der Waals surface area contributed by atoms with Gasteiger partial charge in [-0.25, -0.2) is 13.5 Å². The minimum absolute atomic E-state index is 0.0663. The summed E-state index contributed by atoms with van der Waals surface area (Å²) in [5.74, 6) is 1.05. The number of likely N-dealkylation sites (tertiary alicyclic amines) is 2. The third-order valence-electron chi connectivity index (χ3n) is 6.87. The topological polar surface area (TPSA) is 53.4 Å². The van der Waals surface area contributed by atoms with Crippen LogP contribution in [0.1, 0.15) is 64.6 Å². The zero-order valence-electron chi connectivity index (χ0n) is 18.4. The van der Waals surface area contributed by atoms with Crippen molar-refractivity contribution in [2.75, 3.05) is 38.0 Å². The molecule has 3 aliphatic heterocycles. The Kier molecular flexibility index (Phi) is 6.06. The van der Waals surface area contributed by atoms with E-state index in [1.807, 2.05) is 31.7 Å². The first-order chi connectivity index (χ1) is 14.2. The van der Waals surface area contributed by atoms with E-state index < -0.39 is 12.5 Å². The third-order valence-corrected chi connectivity index (χ3v) is 6.87. The Morgan fingerprint density at radius 1 is 1.23 bits per heavy atom. The summed E-state index contributed by atoms with van der Waals surface area (Å²) in [7, 11) is 0. The van der Waals surface area contributed by atoms with Gasteiger partial charge in [0, 0.05) is 30.6 Å². The van der Waals surface area contributed by atoms with Crippen molar-refractivity contribution in [3.05, 3.63) is 11.8 Å². The molecule has 0 saturated carbocycles. The van der Waals surface area contributed by atoms with Gasteiger partial charge >= 0.3 is 0 Å². The first-order valence-corrected chi connectivity index (χ1v) is 11.4. The van der Waals surface area contributed by atoms with Crippen LogP contribution in [0.15, 0.2) is 6.07 Å². The van der Waals surface area contributed by atoms with Crippen LogP contribution in [0.4, 0.5) is 14.6 Å². The predicted octanol–water partition coefficient (Wildman–Crippen LogP) is 3.51. The zero-order chi connectivity index (χ0) is 21.5. The molecular formula is C22H35F2N5O. The first kappa shape index (κ1) is 21.5. The van der Waals surface area contributed by atoms with Crippen LogP contribution in [0.5, 0.6) is 0 Å². The molecule has 0 aliphatic carbocycles. The molecule has 2 fully saturated rings. The van der Waals surface area contributed by atoms with Gasteiger partial charge in [0.25, 0.3) is 6.43 Å². The highest BCUT2D eigenvalue weighted by Crippen LogP contribution is 2.38. The molecule has 1 unspecified atom stereocenters. The molecule has 4 rings (SSSR count). The van der Waals surface area contributed by atoms with E-state index in [2.05, 4.69) is 15.3 Å². The monoisotopic (exact) mass is 423 g/mol. The summed E-state index contributed by atoms with van der Waals surface area (Å²) in [6, 6.07) is 0.933. The molecule has 0 aromatic carbocycles. The number of piperidine rings is 1.